The molecule has 1 spiro atoms. The minimum absolute atomic E-state index is 0.0144. The Hall–Kier alpha value is -1.55. The average molecular weight is 312 g/mol. The summed E-state index contributed by atoms with van der Waals surface area (Å²) in [5.74, 6) is 0.605. The Morgan fingerprint density at radius 3 is 3.04 bits per heavy atom. The van der Waals surface area contributed by atoms with Crippen LogP contribution in [0.1, 0.15) is 43.2 Å². The second-order valence-electron chi connectivity index (χ2n) is 7.78. The molecule has 2 bridgehead atoms. The van der Waals surface area contributed by atoms with Gasteiger partial charge in [0, 0.05) is 12.0 Å². The van der Waals surface area contributed by atoms with Crippen molar-refractivity contribution < 1.29 is 9.53 Å². The zero-order chi connectivity index (χ0) is 15.4. The molecule has 2 amide bonds. The van der Waals surface area contributed by atoms with E-state index < -0.39 is 0 Å². The van der Waals surface area contributed by atoms with Gasteiger partial charge in [0.2, 0.25) is 0 Å². The van der Waals surface area contributed by atoms with Crippen molar-refractivity contribution in [2.24, 2.45) is 5.92 Å². The van der Waals surface area contributed by atoms with E-state index >= 15 is 0 Å². The minimum Gasteiger partial charge on any atom is -0.373 e. The van der Waals surface area contributed by atoms with Crippen molar-refractivity contribution >= 4 is 6.03 Å². The second kappa shape index (κ2) is 4.97. The third-order valence-electron chi connectivity index (χ3n) is 6.56. The number of fused-ring (bicyclic) bond motifs is 4. The molecule has 0 aromatic heterocycles. The number of ether oxygens (including phenoxy) is 1. The first-order chi connectivity index (χ1) is 11.2. The van der Waals surface area contributed by atoms with Gasteiger partial charge >= 0.3 is 6.03 Å². The lowest BCUT2D eigenvalue weighted by molar-refractivity contribution is 0.0981. The van der Waals surface area contributed by atoms with Crippen molar-refractivity contribution in [1.82, 2.24) is 10.6 Å². The predicted octanol–water partition coefficient (Wildman–Crippen LogP) is 2.51. The highest BCUT2D eigenvalue weighted by molar-refractivity contribution is 5.74. The van der Waals surface area contributed by atoms with Gasteiger partial charge in [0.15, 0.2) is 0 Å². The number of carbonyl (C=O) groups excluding carboxylic acids is 1. The zero-order valence-electron chi connectivity index (χ0n) is 13.4. The molecule has 122 valence electrons. The van der Waals surface area contributed by atoms with Gasteiger partial charge in [-0.2, -0.15) is 0 Å². The van der Waals surface area contributed by atoms with Crippen molar-refractivity contribution in [3.63, 3.8) is 0 Å². The summed E-state index contributed by atoms with van der Waals surface area (Å²) >= 11 is 0. The summed E-state index contributed by atoms with van der Waals surface area (Å²) in [5.41, 5.74) is 3.41. The first-order valence-corrected chi connectivity index (χ1v) is 9.03. The Morgan fingerprint density at radius 1 is 1.30 bits per heavy atom. The van der Waals surface area contributed by atoms with Crippen molar-refractivity contribution in [3.05, 3.63) is 35.4 Å². The Labute approximate surface area is 137 Å². The van der Waals surface area contributed by atoms with Crippen LogP contribution < -0.4 is 10.6 Å². The van der Waals surface area contributed by atoms with Gasteiger partial charge in [-0.15, -0.1) is 0 Å². The molecule has 2 N–H and O–H groups in total. The summed E-state index contributed by atoms with van der Waals surface area (Å²) in [5, 5.41) is 6.22. The minimum atomic E-state index is -0.0144. The smallest absolute Gasteiger partial charge is 0.315 e. The van der Waals surface area contributed by atoms with E-state index in [1.165, 1.54) is 30.4 Å². The average Bonchev–Trinajstić information content (AvgIpc) is 2.89. The lowest BCUT2D eigenvalue weighted by atomic mass is 9.95. The van der Waals surface area contributed by atoms with Gasteiger partial charge in [-0.05, 0) is 55.6 Å². The molecule has 23 heavy (non-hydrogen) atoms. The van der Waals surface area contributed by atoms with Crippen molar-refractivity contribution in [3.8, 4) is 0 Å². The van der Waals surface area contributed by atoms with E-state index in [1.54, 1.807) is 0 Å². The van der Waals surface area contributed by atoms with Crippen molar-refractivity contribution in [2.45, 2.75) is 62.2 Å². The third-order valence-corrected chi connectivity index (χ3v) is 6.56. The fourth-order valence-corrected chi connectivity index (χ4v) is 5.23. The van der Waals surface area contributed by atoms with Gasteiger partial charge in [0.05, 0.1) is 18.2 Å². The van der Waals surface area contributed by atoms with E-state index in [1.807, 2.05) is 0 Å². The number of urea groups is 1. The van der Waals surface area contributed by atoms with Crippen LogP contribution in [0.25, 0.3) is 0 Å². The quantitative estimate of drug-likeness (QED) is 0.901. The Balaban J connectivity index is 1.15. The Morgan fingerprint density at radius 2 is 2.22 bits per heavy atom. The molecular formula is C19H24N2O2. The van der Waals surface area contributed by atoms with Crippen molar-refractivity contribution in [1.29, 1.82) is 0 Å². The van der Waals surface area contributed by atoms with Gasteiger partial charge in [-0.3, -0.25) is 0 Å². The molecule has 2 heterocycles. The van der Waals surface area contributed by atoms with E-state index in [9.17, 15) is 4.79 Å². The fourth-order valence-electron chi connectivity index (χ4n) is 5.23. The number of hydrogen-bond donors (Lipinski definition) is 2. The lowest BCUT2D eigenvalue weighted by Crippen LogP contribution is -2.47. The van der Waals surface area contributed by atoms with E-state index in [2.05, 4.69) is 34.9 Å². The SMILES string of the molecule is O=C(NC[C@@H]1C[C@]12CCc1ccccc12)N[C@H]1C[C@H]2CC[C@H]1O2. The molecule has 0 radical (unpaired) electrons. The number of amides is 2. The first-order valence-electron chi connectivity index (χ1n) is 9.03. The molecule has 1 saturated carbocycles. The summed E-state index contributed by atoms with van der Waals surface area (Å²) in [6.07, 6.45) is 7.54. The topological polar surface area (TPSA) is 50.4 Å². The largest absolute Gasteiger partial charge is 0.373 e. The van der Waals surface area contributed by atoms with Crippen LogP contribution in [0.5, 0.6) is 0 Å². The molecule has 4 heteroatoms. The van der Waals surface area contributed by atoms with E-state index in [4.69, 9.17) is 4.74 Å². The highest BCUT2D eigenvalue weighted by Crippen LogP contribution is 2.61. The molecule has 1 aromatic carbocycles. The van der Waals surface area contributed by atoms with Crippen LogP contribution in [-0.2, 0) is 16.6 Å². The van der Waals surface area contributed by atoms with Gasteiger partial charge < -0.3 is 15.4 Å². The molecule has 2 saturated heterocycles. The number of carbonyl (C=O) groups is 1. The number of rotatable bonds is 3. The molecule has 4 aliphatic rings. The summed E-state index contributed by atoms with van der Waals surface area (Å²) in [7, 11) is 0. The fraction of sp³-hybridized carbons (Fsp3) is 0.632. The van der Waals surface area contributed by atoms with Crippen LogP contribution in [0.2, 0.25) is 0 Å². The van der Waals surface area contributed by atoms with E-state index in [-0.39, 0.29) is 18.2 Å². The zero-order valence-corrected chi connectivity index (χ0v) is 13.4. The van der Waals surface area contributed by atoms with Gasteiger partial charge in [-0.1, -0.05) is 24.3 Å². The maximum atomic E-state index is 12.2. The Kier molecular flexibility index (Phi) is 2.99. The second-order valence-corrected chi connectivity index (χ2v) is 7.78. The highest BCUT2D eigenvalue weighted by atomic mass is 16.5. The third kappa shape index (κ3) is 2.18. The summed E-state index contributed by atoms with van der Waals surface area (Å²) in [4.78, 5) is 12.2. The van der Waals surface area contributed by atoms with Crippen LogP contribution in [0, 0.1) is 5.92 Å². The van der Waals surface area contributed by atoms with Crippen LogP contribution in [0.4, 0.5) is 4.79 Å². The van der Waals surface area contributed by atoms with Crippen LogP contribution in [-0.4, -0.2) is 30.8 Å². The van der Waals surface area contributed by atoms with Crippen LogP contribution in [0.3, 0.4) is 0 Å². The number of hydrogen-bond acceptors (Lipinski definition) is 2. The standard InChI is InChI=1S/C19H24N2O2/c22-18(21-16-9-14-5-6-17(16)23-14)20-11-13-10-19(13)8-7-12-3-1-2-4-15(12)19/h1-4,13-14,16-17H,5-11H2,(H2,20,21,22)/t13-,14+,16-,17+,19+/m0/s1. The predicted molar refractivity (Wildman–Crippen MR) is 87.4 cm³/mol. The summed E-state index contributed by atoms with van der Waals surface area (Å²) in [6.45, 7) is 0.793. The first kappa shape index (κ1) is 13.8. The maximum Gasteiger partial charge on any atom is 0.315 e. The van der Waals surface area contributed by atoms with Gasteiger partial charge in [-0.25, -0.2) is 4.79 Å². The summed E-state index contributed by atoms with van der Waals surface area (Å²) < 4.78 is 5.80. The Bertz CT molecular complexity index is 646. The molecule has 0 unspecified atom stereocenters. The molecule has 1 aromatic rings. The molecule has 4 nitrogen and oxygen atoms in total. The summed E-state index contributed by atoms with van der Waals surface area (Å²) in [6, 6.07) is 9.03. The van der Waals surface area contributed by atoms with E-state index in [0.717, 1.165) is 25.8 Å². The van der Waals surface area contributed by atoms with Crippen LogP contribution in [0.15, 0.2) is 24.3 Å². The number of aryl methyl sites for hydroxylation is 1. The molecule has 5 atom stereocenters. The monoisotopic (exact) mass is 312 g/mol. The van der Waals surface area contributed by atoms with E-state index in [0.29, 0.717) is 17.4 Å². The highest BCUT2D eigenvalue weighted by Gasteiger charge is 2.57. The molecule has 3 fully saturated rings. The molecule has 2 aliphatic heterocycles. The molecule has 5 rings (SSSR count). The number of nitrogens with one attached hydrogen (secondary N) is 2. The maximum absolute atomic E-state index is 12.2. The molecule has 2 aliphatic carbocycles. The van der Waals surface area contributed by atoms with Crippen LogP contribution >= 0.6 is 0 Å². The van der Waals surface area contributed by atoms with Gasteiger partial charge in [0.25, 0.3) is 0 Å². The van der Waals surface area contributed by atoms with Gasteiger partial charge in [0.1, 0.15) is 0 Å². The normalized spacial score (nSPS) is 39.5. The number of benzene rings is 1. The molecular weight excluding hydrogens is 288 g/mol. The lowest BCUT2D eigenvalue weighted by Gasteiger charge is -2.20. The van der Waals surface area contributed by atoms with Crippen molar-refractivity contribution in [2.75, 3.05) is 6.54 Å².